The van der Waals surface area contributed by atoms with E-state index >= 15 is 0 Å². The van der Waals surface area contributed by atoms with E-state index in [2.05, 4.69) is 4.72 Å². The van der Waals surface area contributed by atoms with Crippen LogP contribution in [0.2, 0.25) is 0 Å². The van der Waals surface area contributed by atoms with Gasteiger partial charge in [0.15, 0.2) is 0 Å². The van der Waals surface area contributed by atoms with Gasteiger partial charge in [-0.1, -0.05) is 0 Å². The van der Waals surface area contributed by atoms with Crippen LogP contribution < -0.4 is 4.72 Å². The SMILES string of the molecule is CC1(NS(C)(=O)=O)CCOCC1. The van der Waals surface area contributed by atoms with Gasteiger partial charge in [-0.3, -0.25) is 0 Å². The van der Waals surface area contributed by atoms with Gasteiger partial charge in [0.05, 0.1) is 6.26 Å². The third-order valence-electron chi connectivity index (χ3n) is 2.03. The first-order valence-electron chi connectivity index (χ1n) is 3.98. The first-order chi connectivity index (χ1) is 5.41. The highest BCUT2D eigenvalue weighted by molar-refractivity contribution is 7.88. The molecule has 5 heteroatoms. The molecule has 72 valence electrons. The fourth-order valence-corrected chi connectivity index (χ4v) is 2.47. The van der Waals surface area contributed by atoms with Crippen LogP contribution in [0.1, 0.15) is 19.8 Å². The molecule has 0 aromatic heterocycles. The Bertz CT molecular complexity index is 241. The summed E-state index contributed by atoms with van der Waals surface area (Å²) in [5.74, 6) is 0. The molecule has 1 heterocycles. The Morgan fingerprint density at radius 3 is 2.25 bits per heavy atom. The Morgan fingerprint density at radius 1 is 1.33 bits per heavy atom. The van der Waals surface area contributed by atoms with E-state index in [1.165, 1.54) is 6.26 Å². The maximum absolute atomic E-state index is 11.0. The van der Waals surface area contributed by atoms with Gasteiger partial charge in [0, 0.05) is 18.8 Å². The molecule has 0 amide bonds. The smallest absolute Gasteiger partial charge is 0.209 e. The molecule has 1 N–H and O–H groups in total. The van der Waals surface area contributed by atoms with Crippen molar-refractivity contribution < 1.29 is 13.2 Å². The van der Waals surface area contributed by atoms with Crippen LogP contribution in [0.15, 0.2) is 0 Å². The second-order valence-electron chi connectivity index (χ2n) is 3.55. The lowest BCUT2D eigenvalue weighted by atomic mass is 9.94. The molecule has 0 radical (unpaired) electrons. The first-order valence-corrected chi connectivity index (χ1v) is 5.87. The van der Waals surface area contributed by atoms with Gasteiger partial charge in [0.1, 0.15) is 0 Å². The largest absolute Gasteiger partial charge is 0.381 e. The number of sulfonamides is 1. The highest BCUT2D eigenvalue weighted by Gasteiger charge is 2.29. The van der Waals surface area contributed by atoms with Crippen molar-refractivity contribution in [3.05, 3.63) is 0 Å². The summed E-state index contributed by atoms with van der Waals surface area (Å²) in [5.41, 5.74) is -0.300. The normalized spacial score (nSPS) is 23.8. The van der Waals surface area contributed by atoms with Crippen molar-refractivity contribution in [2.45, 2.75) is 25.3 Å². The molecule has 1 aliphatic heterocycles. The summed E-state index contributed by atoms with van der Waals surface area (Å²) < 4.78 is 29.7. The van der Waals surface area contributed by atoms with Crippen molar-refractivity contribution in [2.75, 3.05) is 19.5 Å². The summed E-state index contributed by atoms with van der Waals surface area (Å²) in [5, 5.41) is 0. The van der Waals surface area contributed by atoms with E-state index in [1.807, 2.05) is 6.92 Å². The lowest BCUT2D eigenvalue weighted by Crippen LogP contribution is -2.49. The third kappa shape index (κ3) is 3.08. The minimum atomic E-state index is -3.09. The third-order valence-corrected chi connectivity index (χ3v) is 2.89. The molecule has 1 aliphatic rings. The van der Waals surface area contributed by atoms with E-state index in [0.29, 0.717) is 13.2 Å². The van der Waals surface area contributed by atoms with Gasteiger partial charge in [-0.05, 0) is 19.8 Å². The maximum atomic E-state index is 11.0. The maximum Gasteiger partial charge on any atom is 0.209 e. The molecule has 12 heavy (non-hydrogen) atoms. The highest BCUT2D eigenvalue weighted by atomic mass is 32.2. The second-order valence-corrected chi connectivity index (χ2v) is 5.30. The van der Waals surface area contributed by atoms with Gasteiger partial charge in [0.25, 0.3) is 0 Å². The van der Waals surface area contributed by atoms with E-state index in [1.54, 1.807) is 0 Å². The Balaban J connectivity index is 2.59. The van der Waals surface area contributed by atoms with Crippen LogP contribution in [-0.2, 0) is 14.8 Å². The molecule has 0 bridgehead atoms. The topological polar surface area (TPSA) is 55.4 Å². The summed E-state index contributed by atoms with van der Waals surface area (Å²) in [4.78, 5) is 0. The molecular formula is C7H15NO3S. The van der Waals surface area contributed by atoms with Crippen LogP contribution in [0.4, 0.5) is 0 Å². The van der Waals surface area contributed by atoms with Crippen molar-refractivity contribution in [1.29, 1.82) is 0 Å². The van der Waals surface area contributed by atoms with Gasteiger partial charge in [-0.25, -0.2) is 13.1 Å². The van der Waals surface area contributed by atoms with Crippen molar-refractivity contribution >= 4 is 10.0 Å². The van der Waals surface area contributed by atoms with Gasteiger partial charge >= 0.3 is 0 Å². The van der Waals surface area contributed by atoms with Crippen LogP contribution in [0.25, 0.3) is 0 Å². The molecule has 0 aliphatic carbocycles. The minimum Gasteiger partial charge on any atom is -0.381 e. The van der Waals surface area contributed by atoms with Gasteiger partial charge < -0.3 is 4.74 Å². The Labute approximate surface area is 73.3 Å². The van der Waals surface area contributed by atoms with E-state index in [9.17, 15) is 8.42 Å². The van der Waals surface area contributed by atoms with Crippen LogP contribution in [0.3, 0.4) is 0 Å². The zero-order chi connectivity index (χ0) is 9.24. The second kappa shape index (κ2) is 3.32. The molecule has 0 aromatic rings. The number of ether oxygens (including phenoxy) is 1. The average molecular weight is 193 g/mol. The van der Waals surface area contributed by atoms with Crippen molar-refractivity contribution in [2.24, 2.45) is 0 Å². The number of nitrogens with one attached hydrogen (secondary N) is 1. The van der Waals surface area contributed by atoms with E-state index in [-0.39, 0.29) is 5.54 Å². The average Bonchev–Trinajstić information content (AvgIpc) is 1.83. The Kier molecular flexibility index (Phi) is 2.75. The van der Waals surface area contributed by atoms with Crippen LogP contribution in [0.5, 0.6) is 0 Å². The molecule has 1 saturated heterocycles. The molecule has 1 fully saturated rings. The van der Waals surface area contributed by atoms with Crippen LogP contribution >= 0.6 is 0 Å². The summed E-state index contributed by atoms with van der Waals surface area (Å²) in [6.07, 6.45) is 2.69. The standard InChI is InChI=1S/C7H15NO3S/c1-7(8-12(2,9)10)3-5-11-6-4-7/h8H,3-6H2,1-2H3. The molecule has 0 unspecified atom stereocenters. The summed E-state index contributed by atoms with van der Waals surface area (Å²) >= 11 is 0. The van der Waals surface area contributed by atoms with Gasteiger partial charge in [-0.15, -0.1) is 0 Å². The monoisotopic (exact) mass is 193 g/mol. The number of hydrogen-bond acceptors (Lipinski definition) is 3. The summed E-state index contributed by atoms with van der Waals surface area (Å²) in [6.45, 7) is 3.19. The van der Waals surface area contributed by atoms with E-state index < -0.39 is 10.0 Å². The Morgan fingerprint density at radius 2 is 1.83 bits per heavy atom. The van der Waals surface area contributed by atoms with Crippen LogP contribution in [-0.4, -0.2) is 33.4 Å². The lowest BCUT2D eigenvalue weighted by Gasteiger charge is -2.33. The number of hydrogen-bond donors (Lipinski definition) is 1. The molecule has 0 saturated carbocycles. The Hall–Kier alpha value is -0.130. The van der Waals surface area contributed by atoms with Gasteiger partial charge in [0.2, 0.25) is 10.0 Å². The van der Waals surface area contributed by atoms with Crippen molar-refractivity contribution in [3.63, 3.8) is 0 Å². The van der Waals surface area contributed by atoms with E-state index in [0.717, 1.165) is 12.8 Å². The zero-order valence-electron chi connectivity index (χ0n) is 7.46. The fourth-order valence-electron chi connectivity index (χ4n) is 1.37. The summed E-state index contributed by atoms with van der Waals surface area (Å²) in [7, 11) is -3.09. The fraction of sp³-hybridized carbons (Fsp3) is 1.00. The van der Waals surface area contributed by atoms with Crippen molar-refractivity contribution in [3.8, 4) is 0 Å². The molecule has 0 atom stereocenters. The highest BCUT2D eigenvalue weighted by Crippen LogP contribution is 2.20. The summed E-state index contributed by atoms with van der Waals surface area (Å²) in [6, 6.07) is 0. The lowest BCUT2D eigenvalue weighted by molar-refractivity contribution is 0.0538. The van der Waals surface area contributed by atoms with Gasteiger partial charge in [-0.2, -0.15) is 0 Å². The molecule has 0 spiro atoms. The predicted molar refractivity (Wildman–Crippen MR) is 46.4 cm³/mol. The predicted octanol–water partition coefficient (Wildman–Crippen LogP) is 0.105. The first kappa shape index (κ1) is 9.95. The quantitative estimate of drug-likeness (QED) is 0.677. The van der Waals surface area contributed by atoms with Crippen LogP contribution in [0, 0.1) is 0 Å². The molecule has 0 aromatic carbocycles. The molecule has 4 nitrogen and oxygen atoms in total. The number of rotatable bonds is 2. The molecule has 1 rings (SSSR count). The van der Waals surface area contributed by atoms with E-state index in [4.69, 9.17) is 4.74 Å². The minimum absolute atomic E-state index is 0.300. The molecular weight excluding hydrogens is 178 g/mol. The van der Waals surface area contributed by atoms with Crippen molar-refractivity contribution in [1.82, 2.24) is 4.72 Å². The zero-order valence-corrected chi connectivity index (χ0v) is 8.28.